The topological polar surface area (TPSA) is 64.6 Å². The minimum Gasteiger partial charge on any atom is -0.392 e. The maximum atomic E-state index is 12.0. The van der Waals surface area contributed by atoms with Crippen LogP contribution in [0.5, 0.6) is 0 Å². The van der Waals surface area contributed by atoms with E-state index in [0.29, 0.717) is 29.5 Å². The second kappa shape index (κ2) is 16.2. The molecule has 0 spiro atoms. The first kappa shape index (κ1) is 31.3. The van der Waals surface area contributed by atoms with E-state index in [0.717, 1.165) is 38.6 Å². The highest BCUT2D eigenvalue weighted by atomic mass is 127. The Bertz CT molecular complexity index is 1120. The van der Waals surface area contributed by atoms with Crippen molar-refractivity contribution in [2.45, 2.75) is 67.4 Å². The van der Waals surface area contributed by atoms with Crippen LogP contribution in [-0.4, -0.2) is 65.7 Å². The van der Waals surface area contributed by atoms with Gasteiger partial charge < -0.3 is 15.7 Å². The molecule has 210 valence electrons. The van der Waals surface area contributed by atoms with Crippen molar-refractivity contribution >= 4 is 34.6 Å². The monoisotopic (exact) mass is 641 g/mol. The van der Waals surface area contributed by atoms with Crippen molar-refractivity contribution in [2.75, 3.05) is 33.7 Å². The molecule has 3 N–H and O–H groups in total. The van der Waals surface area contributed by atoms with E-state index in [4.69, 9.17) is 6.42 Å². The lowest BCUT2D eigenvalue weighted by Gasteiger charge is -2.37. The molecular weight excluding hydrogens is 597 g/mol. The molecule has 0 saturated heterocycles. The fourth-order valence-corrected chi connectivity index (χ4v) is 6.36. The molecular formula is C33H44IN3O2. The lowest BCUT2D eigenvalue weighted by molar-refractivity contribution is -0.121. The highest BCUT2D eigenvalue weighted by Gasteiger charge is 2.35. The smallest absolute Gasteiger partial charge is 0.220 e. The number of allylic oxidation sites excluding steroid dienone is 1. The van der Waals surface area contributed by atoms with E-state index in [1.807, 2.05) is 19.0 Å². The third-order valence-electron chi connectivity index (χ3n) is 7.68. The Balaban J connectivity index is 1.47. The Labute approximate surface area is 249 Å². The van der Waals surface area contributed by atoms with Gasteiger partial charge in [0.15, 0.2) is 0 Å². The molecule has 1 saturated carbocycles. The predicted octanol–water partition coefficient (Wildman–Crippen LogP) is 5.08. The van der Waals surface area contributed by atoms with Crippen molar-refractivity contribution in [3.8, 4) is 12.3 Å². The van der Waals surface area contributed by atoms with Crippen LogP contribution < -0.4 is 10.6 Å². The zero-order chi connectivity index (χ0) is 28.2. The molecule has 0 heterocycles. The maximum Gasteiger partial charge on any atom is 0.220 e. The molecule has 1 unspecified atom stereocenters. The first-order chi connectivity index (χ1) is 18.8. The number of terminal acetylenes is 1. The largest absolute Gasteiger partial charge is 0.392 e. The zero-order valence-electron chi connectivity index (χ0n) is 23.6. The number of rotatable bonds is 13. The molecule has 0 aromatic heterocycles. The van der Waals surface area contributed by atoms with Crippen molar-refractivity contribution in [1.29, 1.82) is 0 Å². The highest BCUT2D eigenvalue weighted by molar-refractivity contribution is 14.1. The third-order valence-corrected chi connectivity index (χ3v) is 9.06. The highest BCUT2D eigenvalue weighted by Crippen LogP contribution is 2.37. The SMILES string of the molecule is C#CCN(C)CCNC(=O)CCC/C=C/c1ccc(Cc2cc([C@@H]3C[C@H](NC)C(I)C[C@H]3O)ccc2C)cc1. The molecule has 3 rings (SSSR count). The molecule has 0 radical (unpaired) electrons. The molecule has 6 heteroatoms. The fraction of sp³-hybridized carbons (Fsp3) is 0.485. The number of nitrogens with one attached hydrogen (secondary N) is 2. The Morgan fingerprint density at radius 1 is 1.23 bits per heavy atom. The summed E-state index contributed by atoms with van der Waals surface area (Å²) in [5.41, 5.74) is 6.30. The van der Waals surface area contributed by atoms with E-state index in [-0.39, 0.29) is 17.9 Å². The summed E-state index contributed by atoms with van der Waals surface area (Å²) in [5, 5.41) is 17.2. The van der Waals surface area contributed by atoms with Crippen LogP contribution >= 0.6 is 22.6 Å². The van der Waals surface area contributed by atoms with Gasteiger partial charge >= 0.3 is 0 Å². The predicted molar refractivity (Wildman–Crippen MR) is 171 cm³/mol. The third kappa shape index (κ3) is 10.1. The van der Waals surface area contributed by atoms with Gasteiger partial charge in [-0.2, -0.15) is 0 Å². The Hall–Kier alpha value is -2.18. The number of amides is 1. The quantitative estimate of drug-likeness (QED) is 0.124. The zero-order valence-corrected chi connectivity index (χ0v) is 25.8. The lowest BCUT2D eigenvalue weighted by Crippen LogP contribution is -2.44. The van der Waals surface area contributed by atoms with Crippen LogP contribution in [0.1, 0.15) is 65.8 Å². The van der Waals surface area contributed by atoms with E-state index in [9.17, 15) is 9.90 Å². The van der Waals surface area contributed by atoms with Gasteiger partial charge in [-0.3, -0.25) is 9.69 Å². The van der Waals surface area contributed by atoms with Crippen molar-refractivity contribution < 1.29 is 9.90 Å². The number of halogens is 1. The van der Waals surface area contributed by atoms with E-state index in [1.54, 1.807) is 0 Å². The molecule has 1 fully saturated rings. The number of unbranched alkanes of at least 4 members (excludes halogenated alkanes) is 1. The summed E-state index contributed by atoms with van der Waals surface area (Å²) in [7, 11) is 3.97. The summed E-state index contributed by atoms with van der Waals surface area (Å²) in [6, 6.07) is 15.9. The van der Waals surface area contributed by atoms with Gasteiger partial charge in [-0.05, 0) is 80.9 Å². The van der Waals surface area contributed by atoms with Gasteiger partial charge in [-0.1, -0.05) is 83.1 Å². The van der Waals surface area contributed by atoms with Crippen molar-refractivity contribution in [3.63, 3.8) is 0 Å². The van der Waals surface area contributed by atoms with Gasteiger partial charge in [-0.15, -0.1) is 6.42 Å². The van der Waals surface area contributed by atoms with Crippen molar-refractivity contribution in [1.82, 2.24) is 15.5 Å². The molecule has 39 heavy (non-hydrogen) atoms. The summed E-state index contributed by atoms with van der Waals surface area (Å²) in [6.45, 7) is 4.15. The maximum absolute atomic E-state index is 12.0. The molecule has 0 aliphatic heterocycles. The average Bonchev–Trinajstić information content (AvgIpc) is 2.91. The number of hydrogen-bond donors (Lipinski definition) is 3. The van der Waals surface area contributed by atoms with Gasteiger partial charge in [-0.25, -0.2) is 0 Å². The van der Waals surface area contributed by atoms with Crippen molar-refractivity contribution in [3.05, 3.63) is 76.4 Å². The van der Waals surface area contributed by atoms with E-state index in [1.165, 1.54) is 27.8 Å². The lowest BCUT2D eigenvalue weighted by atomic mass is 9.78. The van der Waals surface area contributed by atoms with Gasteiger partial charge in [0.1, 0.15) is 0 Å². The van der Waals surface area contributed by atoms with Crippen molar-refractivity contribution in [2.24, 2.45) is 0 Å². The second-order valence-electron chi connectivity index (χ2n) is 10.7. The van der Waals surface area contributed by atoms with E-state index in [2.05, 4.69) is 101 Å². The summed E-state index contributed by atoms with van der Waals surface area (Å²) in [6.07, 6.45) is 14.2. The van der Waals surface area contributed by atoms with Crippen LogP contribution in [0.25, 0.3) is 6.08 Å². The number of likely N-dealkylation sites (N-methyl/N-ethyl adjacent to an activating group) is 1. The molecule has 2 aromatic carbocycles. The number of carbonyl (C=O) groups excluding carboxylic acids is 1. The van der Waals surface area contributed by atoms with Crippen LogP contribution in [0.4, 0.5) is 0 Å². The van der Waals surface area contributed by atoms with Crippen LogP contribution in [-0.2, 0) is 11.2 Å². The number of carbonyl (C=O) groups is 1. The van der Waals surface area contributed by atoms with Crippen LogP contribution in [0.3, 0.4) is 0 Å². The Morgan fingerprint density at radius 3 is 2.72 bits per heavy atom. The normalized spacial score (nSPS) is 21.3. The second-order valence-corrected chi connectivity index (χ2v) is 12.3. The van der Waals surface area contributed by atoms with E-state index < -0.39 is 0 Å². The molecule has 0 bridgehead atoms. The van der Waals surface area contributed by atoms with Gasteiger partial charge in [0.05, 0.1) is 12.6 Å². The number of alkyl halides is 1. The van der Waals surface area contributed by atoms with Crippen LogP contribution in [0.2, 0.25) is 0 Å². The minimum absolute atomic E-state index is 0.0928. The molecule has 1 amide bonds. The Morgan fingerprint density at radius 2 is 2.00 bits per heavy atom. The first-order valence-corrected chi connectivity index (χ1v) is 15.3. The summed E-state index contributed by atoms with van der Waals surface area (Å²) < 4.78 is 0.457. The van der Waals surface area contributed by atoms with Gasteiger partial charge in [0.2, 0.25) is 5.91 Å². The number of nitrogens with zero attached hydrogens (tertiary/aromatic N) is 1. The number of aliphatic hydroxyl groups excluding tert-OH is 1. The standard InChI is InChI=1S/C33H44IN3O2/c1-5-18-37(4)19-17-36-33(39)10-8-6-7-9-25-12-14-26(15-13-25)20-28-21-27(16-11-24(28)2)29-22-31(35-3)30(34)23-32(29)38/h1,7,9,11-16,21,29-32,35,38H,6,8,10,17-20,22-23H2,2-4H3,(H,36,39)/b9-7+/t29-,30?,31-,32+/m0/s1. The average molecular weight is 642 g/mol. The minimum atomic E-state index is -0.293. The molecule has 1 aliphatic rings. The molecule has 2 aromatic rings. The summed E-state index contributed by atoms with van der Waals surface area (Å²) in [4.78, 5) is 14.0. The number of aryl methyl sites for hydroxylation is 1. The number of hydrogen-bond acceptors (Lipinski definition) is 4. The van der Waals surface area contributed by atoms with E-state index >= 15 is 0 Å². The van der Waals surface area contributed by atoms with Gasteiger partial charge in [0, 0.05) is 35.4 Å². The van der Waals surface area contributed by atoms with Gasteiger partial charge in [0.25, 0.3) is 0 Å². The number of benzene rings is 2. The number of aliphatic hydroxyl groups is 1. The Kier molecular flexibility index (Phi) is 13.0. The summed E-state index contributed by atoms with van der Waals surface area (Å²) >= 11 is 2.47. The fourth-order valence-electron chi connectivity index (χ4n) is 5.18. The molecule has 4 atom stereocenters. The summed E-state index contributed by atoms with van der Waals surface area (Å²) in [5.74, 6) is 2.86. The first-order valence-electron chi connectivity index (χ1n) is 14.0. The van der Waals surface area contributed by atoms with Crippen LogP contribution in [0.15, 0.2) is 48.5 Å². The van der Waals surface area contributed by atoms with Crippen LogP contribution in [0, 0.1) is 19.3 Å². The molecule has 5 nitrogen and oxygen atoms in total. The molecule has 1 aliphatic carbocycles.